The van der Waals surface area contributed by atoms with E-state index in [-0.39, 0.29) is 18.4 Å². The molecule has 8 heteroatoms. The lowest BCUT2D eigenvalue weighted by Gasteiger charge is -2.19. The average Bonchev–Trinajstić information content (AvgIpc) is 3.30. The molecule has 2 heterocycles. The molecule has 0 aliphatic heterocycles. The number of amides is 1. The van der Waals surface area contributed by atoms with Crippen molar-refractivity contribution in [3.05, 3.63) is 75.2 Å². The molecule has 1 aromatic carbocycles. The number of rotatable bonds is 7. The van der Waals surface area contributed by atoms with Gasteiger partial charge in [-0.1, -0.05) is 18.2 Å². The summed E-state index contributed by atoms with van der Waals surface area (Å²) in [6, 6.07) is 10.8. The second-order valence-electron chi connectivity index (χ2n) is 6.90. The van der Waals surface area contributed by atoms with Gasteiger partial charge < -0.3 is 5.32 Å². The molecule has 3 aromatic rings. The number of benzene rings is 1. The molecular weight excluding hydrogens is 399 g/mol. The zero-order valence-electron chi connectivity index (χ0n) is 16.2. The zero-order valence-corrected chi connectivity index (χ0v) is 17.0. The van der Waals surface area contributed by atoms with Crippen molar-refractivity contribution in [1.29, 1.82) is 0 Å². The maximum atomic E-state index is 12.6. The monoisotopic (exact) mass is 421 g/mol. The van der Waals surface area contributed by atoms with Gasteiger partial charge in [-0.05, 0) is 55.5 Å². The molecule has 1 N–H and O–H groups in total. The summed E-state index contributed by atoms with van der Waals surface area (Å²) in [5, 5.41) is 9.47. The highest BCUT2D eigenvalue weighted by molar-refractivity contribution is 7.10. The Morgan fingerprint density at radius 3 is 2.48 bits per heavy atom. The molecule has 0 aliphatic rings. The van der Waals surface area contributed by atoms with Gasteiger partial charge in [-0.15, -0.1) is 11.3 Å². The Kier molecular flexibility index (Phi) is 6.42. The van der Waals surface area contributed by atoms with Crippen LogP contribution in [0, 0.1) is 13.8 Å². The van der Waals surface area contributed by atoms with Crippen LogP contribution in [0.4, 0.5) is 13.2 Å². The molecule has 0 saturated heterocycles. The Morgan fingerprint density at radius 1 is 1.21 bits per heavy atom. The Bertz CT molecular complexity index is 947. The van der Waals surface area contributed by atoms with Crippen molar-refractivity contribution in [3.8, 4) is 0 Å². The molecule has 0 fully saturated rings. The SMILES string of the molecule is Cc1cc(C)n(C(CNC(=O)CCc2ccc(C(F)(F)F)cc2)c2cccs2)n1. The molecule has 1 amide bonds. The van der Waals surface area contributed by atoms with Crippen molar-refractivity contribution in [2.75, 3.05) is 6.54 Å². The van der Waals surface area contributed by atoms with E-state index in [1.54, 1.807) is 11.3 Å². The summed E-state index contributed by atoms with van der Waals surface area (Å²) in [7, 11) is 0. The van der Waals surface area contributed by atoms with Gasteiger partial charge in [0.2, 0.25) is 5.91 Å². The number of carbonyl (C=O) groups is 1. The summed E-state index contributed by atoms with van der Waals surface area (Å²) in [6.45, 7) is 4.30. The molecule has 4 nitrogen and oxygen atoms in total. The van der Waals surface area contributed by atoms with Gasteiger partial charge in [-0.2, -0.15) is 18.3 Å². The lowest BCUT2D eigenvalue weighted by molar-refractivity contribution is -0.137. The summed E-state index contributed by atoms with van der Waals surface area (Å²) in [5.74, 6) is -0.145. The number of carbonyl (C=O) groups excluding carboxylic acids is 1. The van der Waals surface area contributed by atoms with Crippen molar-refractivity contribution in [2.24, 2.45) is 0 Å². The topological polar surface area (TPSA) is 46.9 Å². The fourth-order valence-corrected chi connectivity index (χ4v) is 3.98. The minimum Gasteiger partial charge on any atom is -0.354 e. The van der Waals surface area contributed by atoms with E-state index in [9.17, 15) is 18.0 Å². The highest BCUT2D eigenvalue weighted by Crippen LogP contribution is 2.29. The molecule has 2 aromatic heterocycles. The van der Waals surface area contributed by atoms with Gasteiger partial charge in [0.1, 0.15) is 6.04 Å². The predicted molar refractivity (Wildman–Crippen MR) is 107 cm³/mol. The highest BCUT2D eigenvalue weighted by atomic mass is 32.1. The molecule has 0 radical (unpaired) electrons. The minimum atomic E-state index is -4.35. The van der Waals surface area contributed by atoms with Gasteiger partial charge in [0.05, 0.1) is 11.3 Å². The number of hydrogen-bond donors (Lipinski definition) is 1. The third kappa shape index (κ3) is 5.47. The van der Waals surface area contributed by atoms with Crippen LogP contribution in [0.2, 0.25) is 0 Å². The van der Waals surface area contributed by atoms with Crippen LogP contribution in [-0.4, -0.2) is 22.2 Å². The summed E-state index contributed by atoms with van der Waals surface area (Å²) in [6.07, 6.45) is -3.76. The molecule has 1 unspecified atom stereocenters. The van der Waals surface area contributed by atoms with Crippen molar-refractivity contribution in [1.82, 2.24) is 15.1 Å². The Morgan fingerprint density at radius 2 is 1.93 bits per heavy atom. The van der Waals surface area contributed by atoms with Crippen molar-refractivity contribution in [2.45, 2.75) is 38.9 Å². The summed E-state index contributed by atoms with van der Waals surface area (Å²) < 4.78 is 39.8. The smallest absolute Gasteiger partial charge is 0.354 e. The van der Waals surface area contributed by atoms with E-state index < -0.39 is 11.7 Å². The molecular formula is C21H22F3N3OS. The standard InChI is InChI=1S/C21H22F3N3OS/c1-14-12-15(2)27(26-14)18(19-4-3-11-29-19)13-25-20(28)10-7-16-5-8-17(9-6-16)21(22,23)24/h3-6,8-9,11-12,18H,7,10,13H2,1-2H3,(H,25,28). The molecule has 154 valence electrons. The van der Waals surface area contributed by atoms with E-state index in [0.717, 1.165) is 28.4 Å². The predicted octanol–water partition coefficient (Wildman–Crippen LogP) is 4.92. The van der Waals surface area contributed by atoms with Crippen molar-refractivity contribution < 1.29 is 18.0 Å². The third-order valence-corrected chi connectivity index (χ3v) is 5.60. The van der Waals surface area contributed by atoms with Gasteiger partial charge in [0, 0.05) is 23.5 Å². The van der Waals surface area contributed by atoms with Crippen LogP contribution < -0.4 is 5.32 Å². The molecule has 0 spiro atoms. The number of aromatic nitrogens is 2. The number of hydrogen-bond acceptors (Lipinski definition) is 3. The first-order valence-electron chi connectivity index (χ1n) is 9.23. The number of alkyl halides is 3. The number of nitrogens with one attached hydrogen (secondary N) is 1. The van der Waals surface area contributed by atoms with Gasteiger partial charge in [0.25, 0.3) is 0 Å². The van der Waals surface area contributed by atoms with E-state index in [1.807, 2.05) is 42.1 Å². The number of aryl methyl sites for hydroxylation is 3. The Hall–Kier alpha value is -2.61. The summed E-state index contributed by atoms with van der Waals surface area (Å²) >= 11 is 1.60. The van der Waals surface area contributed by atoms with Gasteiger partial charge >= 0.3 is 6.18 Å². The van der Waals surface area contributed by atoms with Crippen molar-refractivity contribution >= 4 is 17.2 Å². The summed E-state index contributed by atoms with van der Waals surface area (Å²) in [4.78, 5) is 13.4. The zero-order chi connectivity index (χ0) is 21.0. The highest BCUT2D eigenvalue weighted by Gasteiger charge is 2.29. The van der Waals surface area contributed by atoms with E-state index in [4.69, 9.17) is 0 Å². The molecule has 3 rings (SSSR count). The molecule has 0 aliphatic carbocycles. The quantitative estimate of drug-likeness (QED) is 0.589. The van der Waals surface area contributed by atoms with Gasteiger partial charge in [-0.25, -0.2) is 0 Å². The van der Waals surface area contributed by atoms with Crippen LogP contribution in [0.15, 0.2) is 47.8 Å². The second-order valence-corrected chi connectivity index (χ2v) is 7.88. The lowest BCUT2D eigenvalue weighted by Crippen LogP contribution is -2.32. The van der Waals surface area contributed by atoms with E-state index in [1.165, 1.54) is 12.1 Å². The summed E-state index contributed by atoms with van der Waals surface area (Å²) in [5.41, 5.74) is 1.94. The maximum absolute atomic E-state index is 12.6. The van der Waals surface area contributed by atoms with Crippen LogP contribution in [0.3, 0.4) is 0 Å². The number of halogens is 3. The van der Waals surface area contributed by atoms with E-state index in [2.05, 4.69) is 10.4 Å². The third-order valence-electron chi connectivity index (χ3n) is 4.63. The lowest BCUT2D eigenvalue weighted by atomic mass is 10.1. The first-order valence-corrected chi connectivity index (χ1v) is 10.1. The van der Waals surface area contributed by atoms with Crippen LogP contribution >= 0.6 is 11.3 Å². The van der Waals surface area contributed by atoms with Crippen LogP contribution in [0.5, 0.6) is 0 Å². The minimum absolute atomic E-state index is 0.0984. The van der Waals surface area contributed by atoms with Crippen LogP contribution in [0.25, 0.3) is 0 Å². The van der Waals surface area contributed by atoms with E-state index in [0.29, 0.717) is 18.5 Å². The molecule has 29 heavy (non-hydrogen) atoms. The first kappa shape index (κ1) is 21.1. The largest absolute Gasteiger partial charge is 0.416 e. The number of nitrogens with zero attached hydrogens (tertiary/aromatic N) is 2. The fourth-order valence-electron chi connectivity index (χ4n) is 3.17. The average molecular weight is 421 g/mol. The molecule has 0 saturated carbocycles. The first-order chi connectivity index (χ1) is 13.7. The normalized spacial score (nSPS) is 12.7. The van der Waals surface area contributed by atoms with Gasteiger partial charge in [-0.3, -0.25) is 9.48 Å². The molecule has 1 atom stereocenters. The maximum Gasteiger partial charge on any atom is 0.416 e. The van der Waals surface area contributed by atoms with Crippen LogP contribution in [0.1, 0.15) is 39.9 Å². The Balaban J connectivity index is 1.59. The van der Waals surface area contributed by atoms with Crippen molar-refractivity contribution in [3.63, 3.8) is 0 Å². The number of thiophene rings is 1. The van der Waals surface area contributed by atoms with Gasteiger partial charge in [0.15, 0.2) is 0 Å². The second kappa shape index (κ2) is 8.82. The Labute approximate surface area is 171 Å². The van der Waals surface area contributed by atoms with E-state index >= 15 is 0 Å². The fraction of sp³-hybridized carbons (Fsp3) is 0.333. The van der Waals surface area contributed by atoms with Crippen LogP contribution in [-0.2, 0) is 17.4 Å². The molecule has 0 bridgehead atoms.